The molecule has 37 heavy (non-hydrogen) atoms. The molecule has 0 radical (unpaired) electrons. The fraction of sp³-hybridized carbons (Fsp3) is 0.906. The average Bonchev–Trinajstić information content (AvgIpc) is 3.46. The van der Waals surface area contributed by atoms with E-state index < -0.39 is 5.60 Å². The number of carbonyl (C=O) groups is 1. The topological polar surface area (TPSA) is 58.6 Å². The number of carbonyl (C=O) groups excluding carboxylic acids is 1. The Bertz CT molecular complexity index is 845. The second-order valence-corrected chi connectivity index (χ2v) is 14.6. The zero-order chi connectivity index (χ0) is 25.7. The Labute approximate surface area is 232 Å². The molecule has 4 fully saturated rings. The molecule has 4 aliphatic carbocycles. The van der Waals surface area contributed by atoms with Crippen molar-refractivity contribution in [2.24, 2.45) is 40.4 Å². The van der Waals surface area contributed by atoms with Crippen molar-refractivity contribution in [1.82, 2.24) is 5.32 Å². The molecule has 1 heterocycles. The molecule has 1 saturated heterocycles. The third-order valence-corrected chi connectivity index (χ3v) is 11.9. The third kappa shape index (κ3) is 5.68. The molecule has 2 N–H and O–H groups in total. The van der Waals surface area contributed by atoms with Crippen LogP contribution in [0.1, 0.15) is 118 Å². The summed E-state index contributed by atoms with van der Waals surface area (Å²) in [7, 11) is 0. The summed E-state index contributed by atoms with van der Waals surface area (Å²) in [5.74, 6) is 4.06. The van der Waals surface area contributed by atoms with Gasteiger partial charge in [0, 0.05) is 6.42 Å². The molecule has 5 aliphatic rings. The quantitative estimate of drug-likeness (QED) is 0.266. The molecule has 9 atom stereocenters. The van der Waals surface area contributed by atoms with E-state index in [1.54, 1.807) is 5.57 Å². The van der Waals surface area contributed by atoms with E-state index >= 15 is 0 Å². The summed E-state index contributed by atoms with van der Waals surface area (Å²) in [6.45, 7) is 12.5. The molecule has 5 heteroatoms. The molecule has 0 aromatic heterocycles. The number of hydrogen-bond donors (Lipinski definition) is 2. The number of aliphatic hydroxyl groups is 1. The molecule has 212 valence electrons. The molecule has 5 rings (SSSR count). The van der Waals surface area contributed by atoms with Crippen molar-refractivity contribution in [2.45, 2.75) is 136 Å². The van der Waals surface area contributed by atoms with Gasteiger partial charge < -0.3 is 15.2 Å². The van der Waals surface area contributed by atoms with Gasteiger partial charge in [-0.2, -0.15) is 0 Å². The Balaban J connectivity index is 0.00000320. The normalized spacial score (nSPS) is 42.1. The van der Waals surface area contributed by atoms with Crippen molar-refractivity contribution < 1.29 is 14.6 Å². The van der Waals surface area contributed by atoms with Crippen molar-refractivity contribution in [2.75, 3.05) is 6.54 Å². The summed E-state index contributed by atoms with van der Waals surface area (Å²) in [6, 6.07) is -0.0770. The minimum atomic E-state index is -0.536. The first kappa shape index (κ1) is 29.4. The zero-order valence-electron chi connectivity index (χ0n) is 24.2. The lowest BCUT2D eigenvalue weighted by atomic mass is 9.47. The molecule has 0 aromatic rings. The SMILES string of the molecule is C[C@H](CCCC(C)(C)O)[C@H]1CC[C@H]2[C@@H]3CC=C4C[C@@H](OC(=O)[C@@H]5CCCN5)CC[C@]4(C)[C@H]3CC[C@]12C.Cl. The van der Waals surface area contributed by atoms with Crippen molar-refractivity contribution in [1.29, 1.82) is 0 Å². The van der Waals surface area contributed by atoms with Crippen LogP contribution in [0.3, 0.4) is 0 Å². The summed E-state index contributed by atoms with van der Waals surface area (Å²) in [5.41, 5.74) is 1.85. The fourth-order valence-corrected chi connectivity index (χ4v) is 9.89. The maximum Gasteiger partial charge on any atom is 0.323 e. The van der Waals surface area contributed by atoms with Gasteiger partial charge in [0.05, 0.1) is 5.60 Å². The average molecular weight is 536 g/mol. The fourth-order valence-electron chi connectivity index (χ4n) is 9.89. The van der Waals surface area contributed by atoms with Gasteiger partial charge in [-0.25, -0.2) is 0 Å². The van der Waals surface area contributed by atoms with Crippen molar-refractivity contribution in [3.8, 4) is 0 Å². The molecule has 0 aromatic carbocycles. The van der Waals surface area contributed by atoms with Crippen LogP contribution in [-0.2, 0) is 9.53 Å². The number of allylic oxidation sites excluding steroid dienone is 1. The van der Waals surface area contributed by atoms with Crippen LogP contribution >= 0.6 is 12.4 Å². The summed E-state index contributed by atoms with van der Waals surface area (Å²) in [5, 5.41) is 13.5. The minimum absolute atomic E-state index is 0. The van der Waals surface area contributed by atoms with Gasteiger partial charge >= 0.3 is 5.97 Å². The summed E-state index contributed by atoms with van der Waals surface area (Å²) in [4.78, 5) is 12.6. The highest BCUT2D eigenvalue weighted by Crippen LogP contribution is 2.67. The molecule has 1 aliphatic heterocycles. The molecule has 0 bridgehead atoms. The van der Waals surface area contributed by atoms with E-state index in [1.165, 1.54) is 44.9 Å². The van der Waals surface area contributed by atoms with Gasteiger partial charge in [-0.3, -0.25) is 4.79 Å². The Kier molecular flexibility index (Phi) is 8.84. The Morgan fingerprint density at radius 2 is 1.95 bits per heavy atom. The van der Waals surface area contributed by atoms with Gasteiger partial charge in [-0.05, 0) is 125 Å². The first-order valence-electron chi connectivity index (χ1n) is 15.4. The number of esters is 1. The van der Waals surface area contributed by atoms with Crippen LogP contribution in [0.4, 0.5) is 0 Å². The van der Waals surface area contributed by atoms with Gasteiger partial charge in [0.15, 0.2) is 0 Å². The number of nitrogens with one attached hydrogen (secondary N) is 1. The Hall–Kier alpha value is -0.580. The van der Waals surface area contributed by atoms with Crippen LogP contribution in [0.5, 0.6) is 0 Å². The number of hydrogen-bond acceptors (Lipinski definition) is 4. The van der Waals surface area contributed by atoms with E-state index in [0.29, 0.717) is 10.8 Å². The van der Waals surface area contributed by atoms with Crippen molar-refractivity contribution in [3.63, 3.8) is 0 Å². The Morgan fingerprint density at radius 3 is 2.65 bits per heavy atom. The lowest BCUT2D eigenvalue weighted by molar-refractivity contribution is -0.153. The minimum Gasteiger partial charge on any atom is -0.461 e. The second-order valence-electron chi connectivity index (χ2n) is 14.6. The zero-order valence-corrected chi connectivity index (χ0v) is 25.0. The van der Waals surface area contributed by atoms with Crippen LogP contribution < -0.4 is 5.32 Å². The molecule has 0 amide bonds. The van der Waals surface area contributed by atoms with Crippen LogP contribution in [-0.4, -0.2) is 35.4 Å². The van der Waals surface area contributed by atoms with E-state index in [-0.39, 0.29) is 30.5 Å². The van der Waals surface area contributed by atoms with E-state index in [2.05, 4.69) is 32.2 Å². The van der Waals surface area contributed by atoms with Gasteiger partial charge in [-0.1, -0.05) is 45.3 Å². The van der Waals surface area contributed by atoms with Crippen LogP contribution in [0.15, 0.2) is 11.6 Å². The molecule has 4 nitrogen and oxygen atoms in total. The number of rotatable bonds is 7. The lowest BCUT2D eigenvalue weighted by Crippen LogP contribution is -2.51. The molecule has 3 saturated carbocycles. The third-order valence-electron chi connectivity index (χ3n) is 11.9. The molecule has 0 unspecified atom stereocenters. The van der Waals surface area contributed by atoms with Crippen LogP contribution in [0.25, 0.3) is 0 Å². The lowest BCUT2D eigenvalue weighted by Gasteiger charge is -2.58. The summed E-state index contributed by atoms with van der Waals surface area (Å²) in [6.07, 6.45) is 17.9. The highest BCUT2D eigenvalue weighted by Gasteiger charge is 2.59. The van der Waals surface area contributed by atoms with E-state index in [1.807, 2.05) is 13.8 Å². The predicted molar refractivity (Wildman–Crippen MR) is 153 cm³/mol. The van der Waals surface area contributed by atoms with Gasteiger partial charge in [0.2, 0.25) is 0 Å². The Morgan fingerprint density at radius 1 is 1.16 bits per heavy atom. The molecule has 0 spiro atoms. The second kappa shape index (κ2) is 11.1. The number of ether oxygens (including phenoxy) is 1. The van der Waals surface area contributed by atoms with E-state index in [0.717, 1.165) is 74.7 Å². The highest BCUT2D eigenvalue weighted by molar-refractivity contribution is 5.85. The first-order chi connectivity index (χ1) is 17.0. The maximum absolute atomic E-state index is 12.6. The summed E-state index contributed by atoms with van der Waals surface area (Å²) < 4.78 is 6.03. The largest absolute Gasteiger partial charge is 0.461 e. The van der Waals surface area contributed by atoms with E-state index in [4.69, 9.17) is 4.74 Å². The molecular weight excluding hydrogens is 482 g/mol. The van der Waals surface area contributed by atoms with E-state index in [9.17, 15) is 9.90 Å². The standard InChI is InChI=1S/C32H53NO3.ClH/c1-21(8-6-16-30(2,3)35)25-12-13-26-24-11-10-22-20-23(36-29(34)28-9-7-19-33-28)14-17-31(22,4)27(24)15-18-32(25,26)5;/h10,21,23-28,33,35H,6-9,11-20H2,1-5H3;1H/t21-,23+,24+,25-,26+,27+,28+,31+,32-;/m1./s1. The van der Waals surface area contributed by atoms with Crippen molar-refractivity contribution in [3.05, 3.63) is 11.6 Å². The van der Waals surface area contributed by atoms with Gasteiger partial charge in [0.25, 0.3) is 0 Å². The smallest absolute Gasteiger partial charge is 0.323 e. The highest BCUT2D eigenvalue weighted by atomic mass is 35.5. The monoisotopic (exact) mass is 535 g/mol. The number of fused-ring (bicyclic) bond motifs is 5. The van der Waals surface area contributed by atoms with Gasteiger partial charge in [0.1, 0.15) is 12.1 Å². The number of halogens is 1. The van der Waals surface area contributed by atoms with Crippen LogP contribution in [0.2, 0.25) is 0 Å². The maximum atomic E-state index is 12.6. The van der Waals surface area contributed by atoms with Crippen molar-refractivity contribution >= 4 is 18.4 Å². The summed E-state index contributed by atoms with van der Waals surface area (Å²) >= 11 is 0. The molecular formula is C32H54ClNO3. The van der Waals surface area contributed by atoms with Crippen LogP contribution in [0, 0.1) is 40.4 Å². The van der Waals surface area contributed by atoms with Gasteiger partial charge in [-0.15, -0.1) is 12.4 Å². The predicted octanol–water partition coefficient (Wildman–Crippen LogP) is 7.23. The first-order valence-corrected chi connectivity index (χ1v) is 15.4.